The number of ether oxygens (including phenoxy) is 1. The lowest BCUT2D eigenvalue weighted by Crippen LogP contribution is -2.11. The molecule has 0 saturated carbocycles. The Balaban J connectivity index is 1.55. The monoisotopic (exact) mass is 376 g/mol. The van der Waals surface area contributed by atoms with Crippen LogP contribution in [-0.2, 0) is 7.05 Å². The SMILES string of the molecule is C[C@@H](Oc1c(N)ncc2ccoc12)c1nnc2ccc(-c3cnn(C)c3)nn12. The van der Waals surface area contributed by atoms with Gasteiger partial charge in [0.2, 0.25) is 5.75 Å². The number of aromatic nitrogens is 7. The molecular weight excluding hydrogens is 360 g/mol. The van der Waals surface area contributed by atoms with Crippen LogP contribution < -0.4 is 10.5 Å². The first-order valence-corrected chi connectivity index (χ1v) is 8.60. The van der Waals surface area contributed by atoms with Gasteiger partial charge in [0.1, 0.15) is 0 Å². The highest BCUT2D eigenvalue weighted by Gasteiger charge is 2.21. The van der Waals surface area contributed by atoms with E-state index in [-0.39, 0.29) is 5.82 Å². The predicted molar refractivity (Wildman–Crippen MR) is 100 cm³/mol. The number of nitrogen functional groups attached to an aromatic ring is 1. The number of pyridine rings is 1. The standard InChI is InChI=1S/C18H16N8O2/c1-10(28-16-15-11(5-6-27-15)7-20-17(16)19)18-23-22-14-4-3-13(24-26(14)18)12-8-21-25(2)9-12/h3-10H,1-2H3,(H2,19,20)/t10-/m1/s1. The van der Waals surface area contributed by atoms with Gasteiger partial charge in [-0.1, -0.05) is 0 Å². The molecule has 0 saturated heterocycles. The Morgan fingerprint density at radius 2 is 2.07 bits per heavy atom. The van der Waals surface area contributed by atoms with Crippen LogP contribution in [0.1, 0.15) is 18.9 Å². The Kier molecular flexibility index (Phi) is 3.51. The Morgan fingerprint density at radius 3 is 2.89 bits per heavy atom. The van der Waals surface area contributed by atoms with Crippen LogP contribution in [-0.4, -0.2) is 34.6 Å². The maximum Gasteiger partial charge on any atom is 0.205 e. The summed E-state index contributed by atoms with van der Waals surface area (Å²) in [7, 11) is 1.86. The van der Waals surface area contributed by atoms with Gasteiger partial charge in [-0.15, -0.1) is 10.2 Å². The van der Waals surface area contributed by atoms with Crippen molar-refractivity contribution in [2.24, 2.45) is 7.05 Å². The van der Waals surface area contributed by atoms with E-state index in [0.29, 0.717) is 22.8 Å². The second-order valence-electron chi connectivity index (χ2n) is 6.39. The van der Waals surface area contributed by atoms with Crippen LogP contribution in [0.25, 0.3) is 27.9 Å². The van der Waals surface area contributed by atoms with Crippen molar-refractivity contribution >= 4 is 22.4 Å². The highest BCUT2D eigenvalue weighted by molar-refractivity contribution is 5.86. The fraction of sp³-hybridized carbons (Fsp3) is 0.167. The molecule has 10 nitrogen and oxygen atoms in total. The molecule has 0 aromatic carbocycles. The molecule has 0 spiro atoms. The third kappa shape index (κ3) is 2.54. The molecule has 5 rings (SSSR count). The first-order chi connectivity index (χ1) is 13.6. The quantitative estimate of drug-likeness (QED) is 0.507. The lowest BCUT2D eigenvalue weighted by atomic mass is 10.2. The zero-order valence-electron chi connectivity index (χ0n) is 15.1. The van der Waals surface area contributed by atoms with Crippen molar-refractivity contribution in [3.05, 3.63) is 48.9 Å². The molecule has 0 aliphatic rings. The molecule has 5 aromatic rings. The van der Waals surface area contributed by atoms with Gasteiger partial charge >= 0.3 is 0 Å². The first kappa shape index (κ1) is 16.2. The summed E-state index contributed by atoms with van der Waals surface area (Å²) in [5.74, 6) is 1.14. The van der Waals surface area contributed by atoms with E-state index in [1.165, 1.54) is 0 Å². The van der Waals surface area contributed by atoms with Crippen molar-refractivity contribution in [3.8, 4) is 17.0 Å². The molecule has 0 unspecified atom stereocenters. The van der Waals surface area contributed by atoms with E-state index in [2.05, 4.69) is 25.4 Å². The minimum atomic E-state index is -0.494. The number of hydrogen-bond donors (Lipinski definition) is 1. The highest BCUT2D eigenvalue weighted by atomic mass is 16.5. The largest absolute Gasteiger partial charge is 0.475 e. The summed E-state index contributed by atoms with van der Waals surface area (Å²) in [6, 6.07) is 5.52. The Hall–Kier alpha value is -3.95. The lowest BCUT2D eigenvalue weighted by molar-refractivity contribution is 0.214. The fourth-order valence-electron chi connectivity index (χ4n) is 3.03. The van der Waals surface area contributed by atoms with E-state index in [1.54, 1.807) is 33.9 Å². The summed E-state index contributed by atoms with van der Waals surface area (Å²) in [6.07, 6.45) is 6.35. The maximum atomic E-state index is 6.06. The third-order valence-corrected chi connectivity index (χ3v) is 4.42. The molecular formula is C18H16N8O2. The molecule has 1 atom stereocenters. The van der Waals surface area contributed by atoms with E-state index in [4.69, 9.17) is 14.9 Å². The Labute approximate surface area is 158 Å². The molecule has 140 valence electrons. The second-order valence-corrected chi connectivity index (χ2v) is 6.39. The molecule has 0 aliphatic carbocycles. The van der Waals surface area contributed by atoms with E-state index in [1.807, 2.05) is 32.3 Å². The van der Waals surface area contributed by atoms with Gasteiger partial charge < -0.3 is 14.9 Å². The number of fused-ring (bicyclic) bond motifs is 2. The highest BCUT2D eigenvalue weighted by Crippen LogP contribution is 2.33. The fourth-order valence-corrected chi connectivity index (χ4v) is 3.03. The van der Waals surface area contributed by atoms with E-state index in [9.17, 15) is 0 Å². The van der Waals surface area contributed by atoms with Crippen molar-refractivity contribution < 1.29 is 9.15 Å². The Bertz CT molecular complexity index is 1300. The number of nitrogens with two attached hydrogens (primary N) is 1. The summed E-state index contributed by atoms with van der Waals surface area (Å²) in [5, 5.41) is 18.1. The van der Waals surface area contributed by atoms with Gasteiger partial charge in [0.25, 0.3) is 0 Å². The average Bonchev–Trinajstić information content (AvgIpc) is 3.42. The van der Waals surface area contributed by atoms with Gasteiger partial charge in [-0.3, -0.25) is 4.68 Å². The number of nitrogens with zero attached hydrogens (tertiary/aromatic N) is 7. The van der Waals surface area contributed by atoms with Gasteiger partial charge in [0, 0.05) is 30.4 Å². The molecule has 5 heterocycles. The van der Waals surface area contributed by atoms with Gasteiger partial charge in [-0.25, -0.2) is 4.98 Å². The number of furan rings is 1. The molecule has 0 bridgehead atoms. The van der Waals surface area contributed by atoms with Crippen LogP contribution in [0.4, 0.5) is 5.82 Å². The van der Waals surface area contributed by atoms with Crippen molar-refractivity contribution in [2.45, 2.75) is 13.0 Å². The normalized spacial score (nSPS) is 12.6. The average molecular weight is 376 g/mol. The minimum Gasteiger partial charge on any atom is -0.475 e. The van der Waals surface area contributed by atoms with E-state index in [0.717, 1.165) is 16.6 Å². The van der Waals surface area contributed by atoms with Crippen LogP contribution in [0, 0.1) is 0 Å². The molecule has 0 radical (unpaired) electrons. The molecule has 0 fully saturated rings. The summed E-state index contributed by atoms with van der Waals surface area (Å²) in [5.41, 5.74) is 8.80. The topological polar surface area (TPSA) is 122 Å². The van der Waals surface area contributed by atoms with Gasteiger partial charge in [0.15, 0.2) is 29.0 Å². The number of aryl methyl sites for hydroxylation is 1. The van der Waals surface area contributed by atoms with Crippen molar-refractivity contribution in [3.63, 3.8) is 0 Å². The molecule has 5 aromatic heterocycles. The molecule has 28 heavy (non-hydrogen) atoms. The van der Waals surface area contributed by atoms with Crippen LogP contribution in [0.3, 0.4) is 0 Å². The first-order valence-electron chi connectivity index (χ1n) is 8.60. The molecule has 10 heteroatoms. The van der Waals surface area contributed by atoms with E-state index < -0.39 is 6.10 Å². The number of anilines is 1. The Morgan fingerprint density at radius 1 is 1.18 bits per heavy atom. The van der Waals surface area contributed by atoms with E-state index >= 15 is 0 Å². The third-order valence-electron chi connectivity index (χ3n) is 4.42. The second kappa shape index (κ2) is 6.05. The van der Waals surface area contributed by atoms with Crippen molar-refractivity contribution in [1.29, 1.82) is 0 Å². The smallest absolute Gasteiger partial charge is 0.205 e. The lowest BCUT2D eigenvalue weighted by Gasteiger charge is -2.14. The minimum absolute atomic E-state index is 0.243. The van der Waals surface area contributed by atoms with Crippen molar-refractivity contribution in [1.82, 2.24) is 34.6 Å². The zero-order chi connectivity index (χ0) is 19.3. The molecule has 0 aliphatic heterocycles. The number of rotatable bonds is 4. The van der Waals surface area contributed by atoms with Crippen LogP contribution in [0.2, 0.25) is 0 Å². The van der Waals surface area contributed by atoms with Gasteiger partial charge in [0.05, 0.1) is 18.2 Å². The van der Waals surface area contributed by atoms with Crippen LogP contribution >= 0.6 is 0 Å². The maximum absolute atomic E-state index is 6.06. The van der Waals surface area contributed by atoms with Gasteiger partial charge in [-0.05, 0) is 25.1 Å². The van der Waals surface area contributed by atoms with Crippen LogP contribution in [0.5, 0.6) is 5.75 Å². The molecule has 2 N–H and O–H groups in total. The molecule has 0 amide bonds. The summed E-state index contributed by atoms with van der Waals surface area (Å²) < 4.78 is 14.9. The summed E-state index contributed by atoms with van der Waals surface area (Å²) >= 11 is 0. The summed E-state index contributed by atoms with van der Waals surface area (Å²) in [6.45, 7) is 1.84. The number of hydrogen-bond acceptors (Lipinski definition) is 8. The van der Waals surface area contributed by atoms with Crippen LogP contribution in [0.15, 0.2) is 47.5 Å². The predicted octanol–water partition coefficient (Wildman–Crippen LogP) is 2.39. The van der Waals surface area contributed by atoms with Crippen molar-refractivity contribution in [2.75, 3.05) is 5.73 Å². The van der Waals surface area contributed by atoms with Gasteiger partial charge in [-0.2, -0.15) is 14.7 Å². The summed E-state index contributed by atoms with van der Waals surface area (Å²) in [4.78, 5) is 4.16. The zero-order valence-corrected chi connectivity index (χ0v) is 15.1.